The normalized spacial score (nSPS) is 13.0. The van der Waals surface area contributed by atoms with Crippen molar-refractivity contribution in [3.05, 3.63) is 53.1 Å². The van der Waals surface area contributed by atoms with Crippen molar-refractivity contribution in [1.29, 1.82) is 0 Å². The van der Waals surface area contributed by atoms with E-state index >= 15 is 0 Å². The molecule has 1 amide bonds. The molecular formula is C19H22N2O5S. The summed E-state index contributed by atoms with van der Waals surface area (Å²) in [6.45, 7) is 3.72. The lowest BCUT2D eigenvalue weighted by molar-refractivity contribution is -0.116. The van der Waals surface area contributed by atoms with Gasteiger partial charge in [-0.15, -0.1) is 0 Å². The van der Waals surface area contributed by atoms with E-state index < -0.39 is 15.9 Å². The average molecular weight is 390 g/mol. The van der Waals surface area contributed by atoms with Gasteiger partial charge in [0, 0.05) is 12.2 Å². The highest BCUT2D eigenvalue weighted by molar-refractivity contribution is 7.88. The van der Waals surface area contributed by atoms with Gasteiger partial charge < -0.3 is 14.8 Å². The first-order valence-corrected chi connectivity index (χ1v) is 10.3. The molecule has 0 saturated heterocycles. The molecule has 0 unspecified atom stereocenters. The van der Waals surface area contributed by atoms with Crippen molar-refractivity contribution in [2.45, 2.75) is 20.4 Å². The first kappa shape index (κ1) is 19.2. The molecule has 144 valence electrons. The number of rotatable bonds is 6. The minimum atomic E-state index is -3.58. The molecule has 1 aliphatic heterocycles. The zero-order valence-corrected chi connectivity index (χ0v) is 16.3. The van der Waals surface area contributed by atoms with Crippen LogP contribution in [0.2, 0.25) is 0 Å². The van der Waals surface area contributed by atoms with E-state index in [1.54, 1.807) is 18.2 Å². The first-order chi connectivity index (χ1) is 12.7. The molecule has 2 aromatic rings. The molecule has 0 aliphatic carbocycles. The number of hydrogen-bond donors (Lipinski definition) is 1. The molecule has 7 nitrogen and oxygen atoms in total. The Bertz CT molecular complexity index is 952. The minimum Gasteiger partial charge on any atom is -0.454 e. The SMILES string of the molecule is Cc1cccc(C)c1NC(=O)CN(Cc1ccc2c(c1)OCO2)S(C)(=O)=O. The number of fused-ring (bicyclic) bond motifs is 1. The van der Waals surface area contributed by atoms with E-state index in [9.17, 15) is 13.2 Å². The van der Waals surface area contributed by atoms with Crippen molar-refractivity contribution in [1.82, 2.24) is 4.31 Å². The molecule has 1 N–H and O–H groups in total. The number of benzene rings is 2. The largest absolute Gasteiger partial charge is 0.454 e. The quantitative estimate of drug-likeness (QED) is 0.819. The van der Waals surface area contributed by atoms with Crippen molar-refractivity contribution in [3.63, 3.8) is 0 Å². The summed E-state index contributed by atoms with van der Waals surface area (Å²) in [4.78, 5) is 12.5. The molecule has 0 spiro atoms. The Morgan fingerprint density at radius 3 is 2.44 bits per heavy atom. The number of nitrogens with one attached hydrogen (secondary N) is 1. The maximum atomic E-state index is 12.5. The van der Waals surface area contributed by atoms with Gasteiger partial charge in [0.15, 0.2) is 11.5 Å². The number of aryl methyl sites for hydroxylation is 2. The van der Waals surface area contributed by atoms with Crippen molar-refractivity contribution in [3.8, 4) is 11.5 Å². The predicted octanol–water partition coefficient (Wildman–Crippen LogP) is 2.43. The second-order valence-electron chi connectivity index (χ2n) is 6.53. The van der Waals surface area contributed by atoms with Crippen LogP contribution in [-0.4, -0.2) is 38.2 Å². The minimum absolute atomic E-state index is 0.0651. The fourth-order valence-corrected chi connectivity index (χ4v) is 3.62. The lowest BCUT2D eigenvalue weighted by Crippen LogP contribution is -2.37. The van der Waals surface area contributed by atoms with Crippen LogP contribution in [-0.2, 0) is 21.4 Å². The van der Waals surface area contributed by atoms with Gasteiger partial charge in [0.05, 0.1) is 12.8 Å². The molecule has 0 fully saturated rings. The predicted molar refractivity (Wildman–Crippen MR) is 102 cm³/mol. The fourth-order valence-electron chi connectivity index (χ4n) is 2.88. The fraction of sp³-hybridized carbons (Fsp3) is 0.316. The van der Waals surface area contributed by atoms with E-state index in [1.165, 1.54) is 0 Å². The zero-order valence-electron chi connectivity index (χ0n) is 15.5. The number of nitrogens with zero attached hydrogens (tertiary/aromatic N) is 1. The van der Waals surface area contributed by atoms with Crippen LogP contribution in [0.5, 0.6) is 11.5 Å². The summed E-state index contributed by atoms with van der Waals surface area (Å²) in [5, 5.41) is 2.82. The second kappa shape index (κ2) is 7.58. The van der Waals surface area contributed by atoms with E-state index in [4.69, 9.17) is 9.47 Å². The number of para-hydroxylation sites is 1. The molecule has 0 atom stereocenters. The molecule has 0 aromatic heterocycles. The van der Waals surface area contributed by atoms with Gasteiger partial charge in [0.25, 0.3) is 0 Å². The highest BCUT2D eigenvalue weighted by atomic mass is 32.2. The van der Waals surface area contributed by atoms with E-state index in [0.717, 1.165) is 21.7 Å². The Labute approximate surface area is 158 Å². The van der Waals surface area contributed by atoms with Crippen molar-refractivity contribution in [2.75, 3.05) is 24.9 Å². The Balaban J connectivity index is 1.75. The number of carbonyl (C=O) groups is 1. The van der Waals surface area contributed by atoms with Crippen LogP contribution in [0.1, 0.15) is 16.7 Å². The molecule has 3 rings (SSSR count). The molecule has 0 radical (unpaired) electrons. The summed E-state index contributed by atoms with van der Waals surface area (Å²) in [5.74, 6) is 0.803. The first-order valence-electron chi connectivity index (χ1n) is 8.44. The smallest absolute Gasteiger partial charge is 0.239 e. The molecule has 0 bridgehead atoms. The van der Waals surface area contributed by atoms with Gasteiger partial charge in [-0.25, -0.2) is 8.42 Å². The maximum Gasteiger partial charge on any atom is 0.239 e. The standard InChI is InChI=1S/C19H22N2O5S/c1-13-5-4-6-14(2)19(13)20-18(22)11-21(27(3,23)24)10-15-7-8-16-17(9-15)26-12-25-16/h4-9H,10-12H2,1-3H3,(H,20,22). The van der Waals surface area contributed by atoms with Crippen LogP contribution < -0.4 is 14.8 Å². The number of amides is 1. The van der Waals surface area contributed by atoms with Crippen LogP contribution in [0.4, 0.5) is 5.69 Å². The summed E-state index contributed by atoms with van der Waals surface area (Å²) >= 11 is 0. The van der Waals surface area contributed by atoms with Crippen molar-refractivity contribution >= 4 is 21.6 Å². The molecule has 1 heterocycles. The lowest BCUT2D eigenvalue weighted by atomic mass is 10.1. The average Bonchev–Trinajstić information content (AvgIpc) is 3.04. The summed E-state index contributed by atoms with van der Waals surface area (Å²) in [5.41, 5.74) is 3.26. The summed E-state index contributed by atoms with van der Waals surface area (Å²) in [7, 11) is -3.58. The number of hydrogen-bond acceptors (Lipinski definition) is 5. The van der Waals surface area contributed by atoms with Gasteiger partial charge in [0.1, 0.15) is 0 Å². The number of sulfonamides is 1. The second-order valence-corrected chi connectivity index (χ2v) is 8.52. The Hall–Kier alpha value is -2.58. The molecule has 0 saturated carbocycles. The van der Waals surface area contributed by atoms with Crippen molar-refractivity contribution in [2.24, 2.45) is 0 Å². The van der Waals surface area contributed by atoms with Crippen LogP contribution in [0, 0.1) is 13.8 Å². The highest BCUT2D eigenvalue weighted by Gasteiger charge is 2.22. The molecular weight excluding hydrogens is 368 g/mol. The van der Waals surface area contributed by atoms with Crippen LogP contribution in [0.25, 0.3) is 0 Å². The third-order valence-electron chi connectivity index (χ3n) is 4.33. The van der Waals surface area contributed by atoms with Gasteiger partial charge in [-0.3, -0.25) is 4.79 Å². The van der Waals surface area contributed by atoms with Gasteiger partial charge in [-0.1, -0.05) is 24.3 Å². The summed E-state index contributed by atoms with van der Waals surface area (Å²) in [6.07, 6.45) is 1.09. The number of ether oxygens (including phenoxy) is 2. The Morgan fingerprint density at radius 1 is 1.11 bits per heavy atom. The molecule has 8 heteroatoms. The lowest BCUT2D eigenvalue weighted by Gasteiger charge is -2.20. The Morgan fingerprint density at radius 2 is 1.78 bits per heavy atom. The van der Waals surface area contributed by atoms with E-state index in [0.29, 0.717) is 22.7 Å². The van der Waals surface area contributed by atoms with E-state index in [1.807, 2.05) is 32.0 Å². The maximum absolute atomic E-state index is 12.5. The summed E-state index contributed by atoms with van der Waals surface area (Å²) < 4.78 is 36.1. The number of anilines is 1. The van der Waals surface area contributed by atoms with Crippen LogP contribution >= 0.6 is 0 Å². The zero-order chi connectivity index (χ0) is 19.6. The topological polar surface area (TPSA) is 84.9 Å². The molecule has 27 heavy (non-hydrogen) atoms. The van der Waals surface area contributed by atoms with E-state index in [2.05, 4.69) is 5.32 Å². The van der Waals surface area contributed by atoms with Crippen molar-refractivity contribution < 1.29 is 22.7 Å². The highest BCUT2D eigenvalue weighted by Crippen LogP contribution is 2.33. The van der Waals surface area contributed by atoms with Crippen LogP contribution in [0.15, 0.2) is 36.4 Å². The van der Waals surface area contributed by atoms with Crippen LogP contribution in [0.3, 0.4) is 0 Å². The van der Waals surface area contributed by atoms with Gasteiger partial charge in [-0.2, -0.15) is 4.31 Å². The summed E-state index contributed by atoms with van der Waals surface area (Å²) in [6, 6.07) is 10.9. The molecule has 2 aromatic carbocycles. The van der Waals surface area contributed by atoms with E-state index in [-0.39, 0.29) is 19.9 Å². The third-order valence-corrected chi connectivity index (χ3v) is 5.53. The number of carbonyl (C=O) groups excluding carboxylic acids is 1. The monoisotopic (exact) mass is 390 g/mol. The van der Waals surface area contributed by atoms with Gasteiger partial charge >= 0.3 is 0 Å². The Kier molecular flexibility index (Phi) is 5.38. The third kappa shape index (κ3) is 4.58. The molecule has 1 aliphatic rings. The van der Waals surface area contributed by atoms with Gasteiger partial charge in [0.2, 0.25) is 22.7 Å². The van der Waals surface area contributed by atoms with Gasteiger partial charge in [-0.05, 0) is 42.7 Å².